The Bertz CT molecular complexity index is 661. The summed E-state index contributed by atoms with van der Waals surface area (Å²) in [6.45, 7) is 8.33. The Labute approximate surface area is 149 Å². The molecule has 1 amide bonds. The van der Waals surface area contributed by atoms with Gasteiger partial charge in [-0.3, -0.25) is 9.59 Å². The van der Waals surface area contributed by atoms with E-state index in [4.69, 9.17) is 4.74 Å². The lowest BCUT2D eigenvalue weighted by molar-refractivity contribution is -0.130. The molecular formula is C20H27NO4. The molecule has 0 spiro atoms. The highest BCUT2D eigenvalue weighted by molar-refractivity contribution is 6.08. The first kappa shape index (κ1) is 19.2. The summed E-state index contributed by atoms with van der Waals surface area (Å²) in [4.78, 5) is 26.4. The first-order valence-electron chi connectivity index (χ1n) is 8.88. The van der Waals surface area contributed by atoms with Gasteiger partial charge in [0.15, 0.2) is 11.5 Å². The number of amides is 1. The van der Waals surface area contributed by atoms with Gasteiger partial charge in [-0.1, -0.05) is 38.1 Å². The molecule has 0 saturated heterocycles. The number of aliphatic hydroxyl groups is 1. The molecule has 0 aliphatic carbocycles. The number of Topliss-reactive ketones (excluding diaryl/α,β-unsaturated/α-hetero) is 1. The van der Waals surface area contributed by atoms with Crippen LogP contribution < -0.4 is 0 Å². The summed E-state index contributed by atoms with van der Waals surface area (Å²) in [5, 5.41) is 10.3. The van der Waals surface area contributed by atoms with Gasteiger partial charge in [-0.05, 0) is 31.4 Å². The van der Waals surface area contributed by atoms with Gasteiger partial charge < -0.3 is 14.7 Å². The third-order valence-electron chi connectivity index (χ3n) is 4.41. The highest BCUT2D eigenvalue weighted by Gasteiger charge is 2.42. The van der Waals surface area contributed by atoms with Crippen LogP contribution >= 0.6 is 0 Å². The molecule has 25 heavy (non-hydrogen) atoms. The van der Waals surface area contributed by atoms with Gasteiger partial charge in [0.25, 0.3) is 5.91 Å². The molecular weight excluding hydrogens is 318 g/mol. The van der Waals surface area contributed by atoms with Crippen LogP contribution in [0.15, 0.2) is 35.6 Å². The number of ketones is 1. The van der Waals surface area contributed by atoms with Crippen molar-refractivity contribution in [3.8, 4) is 0 Å². The van der Waals surface area contributed by atoms with Crippen LogP contribution in [0.5, 0.6) is 0 Å². The van der Waals surface area contributed by atoms with Gasteiger partial charge in [-0.15, -0.1) is 0 Å². The zero-order valence-corrected chi connectivity index (χ0v) is 15.4. The van der Waals surface area contributed by atoms with Crippen molar-refractivity contribution in [3.63, 3.8) is 0 Å². The zero-order chi connectivity index (χ0) is 18.6. The van der Waals surface area contributed by atoms with Gasteiger partial charge in [0.1, 0.15) is 0 Å². The van der Waals surface area contributed by atoms with E-state index in [1.807, 2.05) is 38.1 Å². The second-order valence-electron chi connectivity index (χ2n) is 6.45. The first-order chi connectivity index (χ1) is 11.9. The van der Waals surface area contributed by atoms with E-state index in [-0.39, 0.29) is 23.9 Å². The van der Waals surface area contributed by atoms with E-state index < -0.39 is 17.7 Å². The number of ether oxygens (including phenoxy) is 1. The van der Waals surface area contributed by atoms with Crippen molar-refractivity contribution in [1.82, 2.24) is 4.90 Å². The number of hydrogen-bond acceptors (Lipinski definition) is 4. The van der Waals surface area contributed by atoms with Gasteiger partial charge in [-0.25, -0.2) is 0 Å². The van der Waals surface area contributed by atoms with Gasteiger partial charge in [-0.2, -0.15) is 0 Å². The summed E-state index contributed by atoms with van der Waals surface area (Å²) in [6, 6.07) is 7.28. The standard InChI is InChI=1S/C20H27NO4/c1-5-14-7-9-15(10-8-14)18-17(16(22)6-2)19(23)20(24)21(18)11-12-25-13(3)4/h7-10,13,18,23H,5-6,11-12H2,1-4H3. The molecule has 0 aromatic heterocycles. The Kier molecular flexibility index (Phi) is 6.37. The smallest absolute Gasteiger partial charge is 0.290 e. The fraction of sp³-hybridized carbons (Fsp3) is 0.500. The lowest BCUT2D eigenvalue weighted by atomic mass is 9.94. The number of carbonyl (C=O) groups excluding carboxylic acids is 2. The van der Waals surface area contributed by atoms with Crippen LogP contribution in [0.1, 0.15) is 51.3 Å². The molecule has 1 atom stereocenters. The Hall–Kier alpha value is -2.14. The molecule has 0 fully saturated rings. The minimum Gasteiger partial charge on any atom is -0.503 e. The van der Waals surface area contributed by atoms with E-state index >= 15 is 0 Å². The molecule has 1 heterocycles. The number of carbonyl (C=O) groups is 2. The molecule has 0 saturated carbocycles. The van der Waals surface area contributed by atoms with E-state index in [0.29, 0.717) is 13.2 Å². The molecule has 1 aromatic rings. The quantitative estimate of drug-likeness (QED) is 0.785. The molecule has 1 unspecified atom stereocenters. The molecule has 1 aromatic carbocycles. The molecule has 1 N–H and O–H groups in total. The molecule has 136 valence electrons. The van der Waals surface area contributed by atoms with Crippen LogP contribution in [0.25, 0.3) is 0 Å². The normalized spacial score (nSPS) is 17.7. The average Bonchev–Trinajstić information content (AvgIpc) is 2.86. The molecule has 1 aliphatic rings. The Morgan fingerprint density at radius 1 is 1.24 bits per heavy atom. The molecule has 0 bridgehead atoms. The van der Waals surface area contributed by atoms with E-state index in [9.17, 15) is 14.7 Å². The maximum atomic E-state index is 12.5. The van der Waals surface area contributed by atoms with E-state index in [0.717, 1.165) is 12.0 Å². The van der Waals surface area contributed by atoms with Crippen molar-refractivity contribution in [1.29, 1.82) is 0 Å². The molecule has 2 rings (SSSR count). The Morgan fingerprint density at radius 3 is 2.40 bits per heavy atom. The predicted molar refractivity (Wildman–Crippen MR) is 96.3 cm³/mol. The van der Waals surface area contributed by atoms with Crippen molar-refractivity contribution in [3.05, 3.63) is 46.7 Å². The number of hydrogen-bond donors (Lipinski definition) is 1. The number of benzene rings is 1. The van der Waals surface area contributed by atoms with Crippen molar-refractivity contribution >= 4 is 11.7 Å². The van der Waals surface area contributed by atoms with Gasteiger partial charge in [0.2, 0.25) is 0 Å². The lowest BCUT2D eigenvalue weighted by Crippen LogP contribution is -2.34. The second-order valence-corrected chi connectivity index (χ2v) is 6.45. The van der Waals surface area contributed by atoms with Crippen LogP contribution in [-0.2, 0) is 20.7 Å². The van der Waals surface area contributed by atoms with Crippen molar-refractivity contribution in [2.24, 2.45) is 0 Å². The van der Waals surface area contributed by atoms with Gasteiger partial charge >= 0.3 is 0 Å². The number of aryl methyl sites for hydroxylation is 1. The summed E-state index contributed by atoms with van der Waals surface area (Å²) in [6.07, 6.45) is 1.21. The zero-order valence-electron chi connectivity index (χ0n) is 15.4. The number of aliphatic hydroxyl groups excluding tert-OH is 1. The fourth-order valence-electron chi connectivity index (χ4n) is 3.03. The second kappa shape index (κ2) is 8.30. The summed E-state index contributed by atoms with van der Waals surface area (Å²) < 4.78 is 5.55. The summed E-state index contributed by atoms with van der Waals surface area (Å²) in [5.74, 6) is -1.14. The lowest BCUT2D eigenvalue weighted by Gasteiger charge is -2.27. The number of nitrogens with zero attached hydrogens (tertiary/aromatic N) is 1. The van der Waals surface area contributed by atoms with Crippen molar-refractivity contribution < 1.29 is 19.4 Å². The van der Waals surface area contributed by atoms with Gasteiger partial charge in [0.05, 0.1) is 24.3 Å². The number of rotatable bonds is 8. The van der Waals surface area contributed by atoms with Crippen LogP contribution in [-0.4, -0.2) is 41.0 Å². The largest absolute Gasteiger partial charge is 0.503 e. The summed E-state index contributed by atoms with van der Waals surface area (Å²) in [7, 11) is 0. The summed E-state index contributed by atoms with van der Waals surface area (Å²) >= 11 is 0. The van der Waals surface area contributed by atoms with Crippen LogP contribution in [0.3, 0.4) is 0 Å². The monoisotopic (exact) mass is 345 g/mol. The van der Waals surface area contributed by atoms with E-state index in [1.54, 1.807) is 6.92 Å². The Morgan fingerprint density at radius 2 is 1.88 bits per heavy atom. The first-order valence-corrected chi connectivity index (χ1v) is 8.88. The van der Waals surface area contributed by atoms with E-state index in [1.165, 1.54) is 10.5 Å². The highest BCUT2D eigenvalue weighted by Crippen LogP contribution is 2.38. The molecule has 1 aliphatic heterocycles. The van der Waals surface area contributed by atoms with Crippen LogP contribution in [0.4, 0.5) is 0 Å². The summed E-state index contributed by atoms with van der Waals surface area (Å²) in [5.41, 5.74) is 2.21. The molecule has 5 heteroatoms. The van der Waals surface area contributed by atoms with Crippen LogP contribution in [0, 0.1) is 0 Å². The Balaban J connectivity index is 2.37. The third kappa shape index (κ3) is 4.10. The third-order valence-corrected chi connectivity index (χ3v) is 4.41. The average molecular weight is 345 g/mol. The molecule has 0 radical (unpaired) electrons. The molecule has 5 nitrogen and oxygen atoms in total. The van der Waals surface area contributed by atoms with Crippen LogP contribution in [0.2, 0.25) is 0 Å². The minimum atomic E-state index is -0.554. The maximum Gasteiger partial charge on any atom is 0.290 e. The van der Waals surface area contributed by atoms with E-state index in [2.05, 4.69) is 6.92 Å². The predicted octanol–water partition coefficient (Wildman–Crippen LogP) is 3.35. The fourth-order valence-corrected chi connectivity index (χ4v) is 3.03. The highest BCUT2D eigenvalue weighted by atomic mass is 16.5. The minimum absolute atomic E-state index is 0.0540. The van der Waals surface area contributed by atoms with Gasteiger partial charge in [0, 0.05) is 13.0 Å². The van der Waals surface area contributed by atoms with Crippen molar-refractivity contribution in [2.75, 3.05) is 13.2 Å². The maximum absolute atomic E-state index is 12.5. The topological polar surface area (TPSA) is 66.8 Å². The van der Waals surface area contributed by atoms with Crippen molar-refractivity contribution in [2.45, 2.75) is 52.7 Å². The SMILES string of the molecule is CCC(=O)C1=C(O)C(=O)N(CCOC(C)C)C1c1ccc(CC)cc1.